The highest BCUT2D eigenvalue weighted by atomic mass is 32.1. The third-order valence-corrected chi connectivity index (χ3v) is 5.36. The first kappa shape index (κ1) is 24.5. The van der Waals surface area contributed by atoms with Gasteiger partial charge in [-0.2, -0.15) is 0 Å². The van der Waals surface area contributed by atoms with E-state index < -0.39 is 5.97 Å². The SMILES string of the molecule is CCOC(=O)c1sc(-c2ccccc2)cc1NC(=O)CN(C)CC(=O)NCCCOC. The average Bonchev–Trinajstić information content (AvgIpc) is 3.15. The van der Waals surface area contributed by atoms with Crippen molar-refractivity contribution in [2.45, 2.75) is 13.3 Å². The lowest BCUT2D eigenvalue weighted by Crippen LogP contribution is -2.39. The number of thiophene rings is 1. The number of amides is 2. The van der Waals surface area contributed by atoms with Crippen molar-refractivity contribution in [2.24, 2.45) is 0 Å². The molecule has 0 saturated carbocycles. The minimum Gasteiger partial charge on any atom is -0.462 e. The maximum Gasteiger partial charge on any atom is 0.350 e. The van der Waals surface area contributed by atoms with Gasteiger partial charge >= 0.3 is 5.97 Å². The first-order chi connectivity index (χ1) is 14.9. The quantitative estimate of drug-likeness (QED) is 0.384. The Labute approximate surface area is 186 Å². The van der Waals surface area contributed by atoms with Crippen molar-refractivity contribution in [3.8, 4) is 10.4 Å². The third kappa shape index (κ3) is 8.12. The van der Waals surface area contributed by atoms with Crippen molar-refractivity contribution in [2.75, 3.05) is 52.3 Å². The van der Waals surface area contributed by atoms with E-state index in [9.17, 15) is 14.4 Å². The zero-order valence-corrected chi connectivity index (χ0v) is 18.9. The van der Waals surface area contributed by atoms with Gasteiger partial charge in [0.15, 0.2) is 0 Å². The normalized spacial score (nSPS) is 10.7. The zero-order chi connectivity index (χ0) is 22.6. The van der Waals surface area contributed by atoms with Gasteiger partial charge < -0.3 is 20.1 Å². The van der Waals surface area contributed by atoms with Crippen LogP contribution in [0.4, 0.5) is 5.69 Å². The number of carbonyl (C=O) groups is 3. The minimum absolute atomic E-state index is 0.00424. The Bertz CT molecular complexity index is 869. The fraction of sp³-hybridized carbons (Fsp3) is 0.409. The van der Waals surface area contributed by atoms with E-state index in [-0.39, 0.29) is 31.5 Å². The predicted molar refractivity (Wildman–Crippen MR) is 121 cm³/mol. The number of ether oxygens (including phenoxy) is 2. The minimum atomic E-state index is -0.478. The molecule has 168 valence electrons. The molecule has 1 heterocycles. The smallest absolute Gasteiger partial charge is 0.350 e. The molecule has 31 heavy (non-hydrogen) atoms. The van der Waals surface area contributed by atoms with Crippen molar-refractivity contribution in [3.63, 3.8) is 0 Å². The van der Waals surface area contributed by atoms with Crippen LogP contribution in [0.25, 0.3) is 10.4 Å². The van der Waals surface area contributed by atoms with E-state index in [0.29, 0.717) is 23.7 Å². The van der Waals surface area contributed by atoms with E-state index in [1.165, 1.54) is 11.3 Å². The monoisotopic (exact) mass is 447 g/mol. The van der Waals surface area contributed by atoms with Gasteiger partial charge in [0.1, 0.15) is 4.88 Å². The molecule has 0 aliphatic heterocycles. The Morgan fingerprint density at radius 1 is 1.10 bits per heavy atom. The topological polar surface area (TPSA) is 97.0 Å². The highest BCUT2D eigenvalue weighted by molar-refractivity contribution is 7.18. The van der Waals surface area contributed by atoms with Crippen molar-refractivity contribution in [1.29, 1.82) is 0 Å². The van der Waals surface area contributed by atoms with Gasteiger partial charge in [0.2, 0.25) is 11.8 Å². The molecule has 0 atom stereocenters. The molecule has 2 N–H and O–H groups in total. The van der Waals surface area contributed by atoms with E-state index >= 15 is 0 Å². The van der Waals surface area contributed by atoms with Crippen LogP contribution in [-0.4, -0.2) is 69.7 Å². The molecular formula is C22H29N3O5S. The molecular weight excluding hydrogens is 418 g/mol. The van der Waals surface area contributed by atoms with Crippen LogP contribution in [0.5, 0.6) is 0 Å². The van der Waals surface area contributed by atoms with Crippen molar-refractivity contribution < 1.29 is 23.9 Å². The first-order valence-corrected chi connectivity index (χ1v) is 10.9. The number of esters is 1. The molecule has 0 aliphatic carbocycles. The lowest BCUT2D eigenvalue weighted by molar-refractivity contribution is -0.123. The van der Waals surface area contributed by atoms with Crippen molar-refractivity contribution in [3.05, 3.63) is 41.3 Å². The standard InChI is InChI=1S/C22H29N3O5S/c1-4-30-22(28)21-17(13-18(31-21)16-9-6-5-7-10-16)24-20(27)15-25(2)14-19(26)23-11-8-12-29-3/h5-7,9-10,13H,4,8,11-12,14-15H2,1-3H3,(H,23,26)(H,24,27). The maximum atomic E-state index is 12.5. The molecule has 0 aliphatic rings. The number of methoxy groups -OCH3 is 1. The molecule has 0 radical (unpaired) electrons. The molecule has 0 unspecified atom stereocenters. The van der Waals surface area contributed by atoms with Gasteiger partial charge in [-0.25, -0.2) is 4.79 Å². The summed E-state index contributed by atoms with van der Waals surface area (Å²) in [4.78, 5) is 39.6. The van der Waals surface area contributed by atoms with Crippen LogP contribution in [0.15, 0.2) is 36.4 Å². The van der Waals surface area contributed by atoms with Crippen molar-refractivity contribution >= 4 is 34.8 Å². The van der Waals surface area contributed by atoms with Crippen LogP contribution < -0.4 is 10.6 Å². The zero-order valence-electron chi connectivity index (χ0n) is 18.1. The molecule has 0 saturated heterocycles. The number of rotatable bonds is 12. The maximum absolute atomic E-state index is 12.5. The molecule has 8 nitrogen and oxygen atoms in total. The number of hydrogen-bond acceptors (Lipinski definition) is 7. The van der Waals surface area contributed by atoms with Gasteiger partial charge in [0, 0.05) is 25.1 Å². The predicted octanol–water partition coefficient (Wildman–Crippen LogP) is 2.61. The van der Waals surface area contributed by atoms with Gasteiger partial charge in [0.05, 0.1) is 25.4 Å². The van der Waals surface area contributed by atoms with Crippen molar-refractivity contribution in [1.82, 2.24) is 10.2 Å². The third-order valence-electron chi connectivity index (χ3n) is 4.20. The summed E-state index contributed by atoms with van der Waals surface area (Å²) in [6.07, 6.45) is 0.727. The van der Waals surface area contributed by atoms with Crippen LogP contribution in [0.3, 0.4) is 0 Å². The summed E-state index contributed by atoms with van der Waals surface area (Å²) >= 11 is 1.27. The van der Waals surface area contributed by atoms with E-state index in [0.717, 1.165) is 16.9 Å². The fourth-order valence-electron chi connectivity index (χ4n) is 2.81. The van der Waals surface area contributed by atoms with E-state index in [1.807, 2.05) is 30.3 Å². The summed E-state index contributed by atoms with van der Waals surface area (Å²) in [6, 6.07) is 11.4. The number of benzene rings is 1. The summed E-state index contributed by atoms with van der Waals surface area (Å²) in [7, 11) is 3.29. The number of hydrogen-bond donors (Lipinski definition) is 2. The Morgan fingerprint density at radius 3 is 2.48 bits per heavy atom. The molecule has 2 rings (SSSR count). The molecule has 1 aromatic carbocycles. The van der Waals surface area contributed by atoms with Crippen LogP contribution >= 0.6 is 11.3 Å². The summed E-state index contributed by atoms with van der Waals surface area (Å²) in [5, 5.41) is 5.56. The van der Waals surface area contributed by atoms with Gasteiger partial charge in [-0.3, -0.25) is 14.5 Å². The van der Waals surface area contributed by atoms with Gasteiger partial charge in [-0.1, -0.05) is 30.3 Å². The molecule has 0 spiro atoms. The van der Waals surface area contributed by atoms with Gasteiger partial charge in [0.25, 0.3) is 0 Å². The second-order valence-electron chi connectivity index (χ2n) is 6.86. The van der Waals surface area contributed by atoms with E-state index in [4.69, 9.17) is 9.47 Å². The number of anilines is 1. The van der Waals surface area contributed by atoms with Gasteiger partial charge in [-0.15, -0.1) is 11.3 Å². The number of carbonyl (C=O) groups excluding carboxylic acids is 3. The Kier molecular flexibility index (Phi) is 10.2. The van der Waals surface area contributed by atoms with Crippen LogP contribution in [-0.2, 0) is 19.1 Å². The second kappa shape index (κ2) is 12.8. The van der Waals surface area contributed by atoms with E-state index in [2.05, 4.69) is 10.6 Å². The van der Waals surface area contributed by atoms with Crippen LogP contribution in [0.2, 0.25) is 0 Å². The fourth-order valence-corrected chi connectivity index (χ4v) is 3.83. The van der Waals surface area contributed by atoms with Crippen LogP contribution in [0.1, 0.15) is 23.0 Å². The molecule has 9 heteroatoms. The summed E-state index contributed by atoms with van der Waals surface area (Å²) in [6.45, 7) is 3.16. The highest BCUT2D eigenvalue weighted by Gasteiger charge is 2.20. The largest absolute Gasteiger partial charge is 0.462 e. The number of nitrogens with zero attached hydrogens (tertiary/aromatic N) is 1. The average molecular weight is 448 g/mol. The molecule has 2 amide bonds. The molecule has 2 aromatic rings. The lowest BCUT2D eigenvalue weighted by atomic mass is 10.2. The lowest BCUT2D eigenvalue weighted by Gasteiger charge is -2.16. The number of likely N-dealkylation sites (N-methyl/N-ethyl adjacent to an activating group) is 1. The molecule has 0 bridgehead atoms. The molecule has 0 fully saturated rings. The first-order valence-electron chi connectivity index (χ1n) is 10.0. The second-order valence-corrected chi connectivity index (χ2v) is 7.91. The summed E-state index contributed by atoms with van der Waals surface area (Å²) < 4.78 is 10.1. The summed E-state index contributed by atoms with van der Waals surface area (Å²) in [5.41, 5.74) is 1.35. The van der Waals surface area contributed by atoms with Crippen LogP contribution in [0, 0.1) is 0 Å². The molecule has 1 aromatic heterocycles. The van der Waals surface area contributed by atoms with Gasteiger partial charge in [-0.05, 0) is 32.0 Å². The Hall–Kier alpha value is -2.75. The Morgan fingerprint density at radius 2 is 1.81 bits per heavy atom. The van der Waals surface area contributed by atoms with E-state index in [1.54, 1.807) is 32.0 Å². The number of nitrogens with one attached hydrogen (secondary N) is 2. The highest BCUT2D eigenvalue weighted by Crippen LogP contribution is 2.35. The Balaban J connectivity index is 2.00. The summed E-state index contributed by atoms with van der Waals surface area (Å²) in [5.74, 6) is -0.966.